The number of hydrogen-bond acceptors (Lipinski definition) is 7. The van der Waals surface area contributed by atoms with E-state index in [9.17, 15) is 22.8 Å². The van der Waals surface area contributed by atoms with E-state index in [1.165, 1.54) is 4.31 Å². The molecule has 2 heterocycles. The molecule has 1 unspecified atom stereocenters. The zero-order chi connectivity index (χ0) is 23.1. The second-order valence-corrected chi connectivity index (χ2v) is 10.9. The highest BCUT2D eigenvalue weighted by atomic mass is 127. The molecule has 0 saturated carbocycles. The van der Waals surface area contributed by atoms with Crippen molar-refractivity contribution in [2.24, 2.45) is 0 Å². The van der Waals surface area contributed by atoms with E-state index in [-0.39, 0.29) is 25.1 Å². The molecule has 0 aliphatic carbocycles. The Morgan fingerprint density at radius 2 is 1.72 bits per heavy atom. The summed E-state index contributed by atoms with van der Waals surface area (Å²) in [5, 5.41) is 0.394. The summed E-state index contributed by atoms with van der Waals surface area (Å²) in [6, 6.07) is 7.72. The van der Waals surface area contributed by atoms with E-state index in [0.717, 1.165) is 28.4 Å². The maximum atomic E-state index is 13.1. The van der Waals surface area contributed by atoms with Crippen molar-refractivity contribution >= 4 is 50.6 Å². The number of ether oxygens (including phenoxy) is 1. The van der Waals surface area contributed by atoms with Gasteiger partial charge in [0, 0.05) is 25.9 Å². The predicted molar refractivity (Wildman–Crippen MR) is 124 cm³/mol. The molecule has 1 aromatic rings. The van der Waals surface area contributed by atoms with Gasteiger partial charge in [0.1, 0.15) is 11.9 Å². The zero-order valence-corrected chi connectivity index (χ0v) is 20.7. The average molecular weight is 578 g/mol. The smallest absolute Gasteiger partial charge is 0.428 e. The zero-order valence-electron chi connectivity index (χ0n) is 17.7. The molecule has 11 heteroatoms. The molecule has 3 rings (SSSR count). The summed E-state index contributed by atoms with van der Waals surface area (Å²) in [4.78, 5) is 40.3. The fraction of sp³-hybridized carbons (Fsp3) is 0.571. The molecular formula is C21H27IN2O7S. The Kier molecular flexibility index (Phi) is 8.88. The van der Waals surface area contributed by atoms with Gasteiger partial charge in [-0.3, -0.25) is 14.4 Å². The van der Waals surface area contributed by atoms with Gasteiger partial charge in [0.05, 0.1) is 0 Å². The van der Waals surface area contributed by atoms with Crippen molar-refractivity contribution in [3.63, 3.8) is 0 Å². The molecular weight excluding hydrogens is 551 g/mol. The molecule has 1 atom stereocenters. The minimum absolute atomic E-state index is 0.0311. The summed E-state index contributed by atoms with van der Waals surface area (Å²) in [5.41, 5.74) is 2.10. The monoisotopic (exact) mass is 578 g/mol. The van der Waals surface area contributed by atoms with Crippen molar-refractivity contribution < 1.29 is 32.4 Å². The number of fused-ring (bicyclic) bond motifs is 1. The molecule has 0 radical (unpaired) electrons. The van der Waals surface area contributed by atoms with Crippen LogP contribution in [0, 0.1) is 0 Å². The minimum atomic E-state index is -3.71. The molecule has 9 nitrogen and oxygen atoms in total. The Bertz CT molecular complexity index is 937. The van der Waals surface area contributed by atoms with Crippen molar-refractivity contribution in [3.05, 3.63) is 35.4 Å². The third-order valence-corrected chi connectivity index (χ3v) is 8.13. The first-order chi connectivity index (χ1) is 15.3. The van der Waals surface area contributed by atoms with Crippen LogP contribution in [-0.4, -0.2) is 58.6 Å². The summed E-state index contributed by atoms with van der Waals surface area (Å²) in [6.07, 6.45) is 1.25. The number of hydroxylamine groups is 2. The molecule has 2 amide bonds. The summed E-state index contributed by atoms with van der Waals surface area (Å²) in [6.45, 7) is 0.642. The van der Waals surface area contributed by atoms with Crippen LogP contribution < -0.4 is 0 Å². The van der Waals surface area contributed by atoms with Gasteiger partial charge in [0.2, 0.25) is 10.0 Å². The highest BCUT2D eigenvalue weighted by Crippen LogP contribution is 2.23. The average Bonchev–Trinajstić information content (AvgIpc) is 3.08. The van der Waals surface area contributed by atoms with Crippen molar-refractivity contribution in [1.82, 2.24) is 9.37 Å². The highest BCUT2D eigenvalue weighted by molar-refractivity contribution is 14.1. The number of rotatable bonds is 10. The maximum Gasteiger partial charge on any atom is 0.534 e. The molecule has 176 valence electrons. The Labute approximate surface area is 201 Å². The van der Waals surface area contributed by atoms with E-state index in [0.29, 0.717) is 30.9 Å². The number of benzene rings is 1. The highest BCUT2D eigenvalue weighted by Gasteiger charge is 2.35. The van der Waals surface area contributed by atoms with Crippen LogP contribution in [0.1, 0.15) is 49.7 Å². The van der Waals surface area contributed by atoms with E-state index >= 15 is 0 Å². The second-order valence-electron chi connectivity index (χ2n) is 7.83. The van der Waals surface area contributed by atoms with Crippen LogP contribution in [0.2, 0.25) is 0 Å². The number of imide groups is 1. The lowest BCUT2D eigenvalue weighted by Crippen LogP contribution is -2.41. The van der Waals surface area contributed by atoms with Crippen molar-refractivity contribution in [3.8, 4) is 0 Å². The maximum absolute atomic E-state index is 13.1. The van der Waals surface area contributed by atoms with Gasteiger partial charge in [-0.05, 0) is 41.2 Å². The number of halogens is 1. The van der Waals surface area contributed by atoms with Gasteiger partial charge in [-0.2, -0.15) is 4.31 Å². The van der Waals surface area contributed by atoms with Gasteiger partial charge in [-0.15, -0.1) is 0 Å². The molecule has 0 aromatic heterocycles. The van der Waals surface area contributed by atoms with Gasteiger partial charge in [-0.1, -0.05) is 58.3 Å². The Balaban J connectivity index is 1.64. The largest absolute Gasteiger partial charge is 0.534 e. The van der Waals surface area contributed by atoms with Crippen LogP contribution in [0.3, 0.4) is 0 Å². The molecule has 2 aliphatic rings. The molecule has 2 aliphatic heterocycles. The summed E-state index contributed by atoms with van der Waals surface area (Å²) in [5.74, 6) is -1.62. The fourth-order valence-corrected chi connectivity index (χ4v) is 5.92. The molecule has 0 spiro atoms. The first kappa shape index (κ1) is 24.9. The van der Waals surface area contributed by atoms with Crippen molar-refractivity contribution in [2.45, 2.75) is 57.6 Å². The van der Waals surface area contributed by atoms with E-state index < -0.39 is 34.1 Å². The molecule has 1 saturated heterocycles. The minimum Gasteiger partial charge on any atom is -0.428 e. The molecule has 1 fully saturated rings. The third-order valence-electron chi connectivity index (χ3n) is 5.48. The lowest BCUT2D eigenvalue weighted by atomic mass is 10.0. The van der Waals surface area contributed by atoms with Crippen LogP contribution >= 0.6 is 22.6 Å². The molecule has 0 bridgehead atoms. The standard InChI is InChI=1S/C21H27IN2O7S/c22-12-5-1-2-8-18(30-21(27)31-24-19(25)9-10-20(24)26)15-32(28,29)23-13-11-16-6-3-4-7-17(16)14-23/h3-4,6-7,18H,1-2,5,8-15H2. The van der Waals surface area contributed by atoms with Crippen LogP contribution in [0.5, 0.6) is 0 Å². The van der Waals surface area contributed by atoms with E-state index in [4.69, 9.17) is 9.57 Å². The van der Waals surface area contributed by atoms with Crippen molar-refractivity contribution in [1.29, 1.82) is 0 Å². The van der Waals surface area contributed by atoms with Crippen LogP contribution in [-0.2, 0) is 42.2 Å². The fourth-order valence-electron chi connectivity index (χ4n) is 3.76. The quantitative estimate of drug-likeness (QED) is 0.138. The normalized spacial score (nSPS) is 17.8. The van der Waals surface area contributed by atoms with Gasteiger partial charge in [0.15, 0.2) is 0 Å². The lowest BCUT2D eigenvalue weighted by molar-refractivity contribution is -0.178. The molecule has 32 heavy (non-hydrogen) atoms. The summed E-state index contributed by atoms with van der Waals surface area (Å²) in [7, 11) is -3.71. The van der Waals surface area contributed by atoms with Crippen molar-refractivity contribution in [2.75, 3.05) is 16.7 Å². The van der Waals surface area contributed by atoms with E-state index in [2.05, 4.69) is 22.6 Å². The molecule has 1 aromatic carbocycles. The Hall–Kier alpha value is -1.73. The van der Waals surface area contributed by atoms with E-state index in [1.54, 1.807) is 0 Å². The number of sulfonamides is 1. The number of unbranched alkanes of at least 4 members (excludes halogenated alkanes) is 2. The summed E-state index contributed by atoms with van der Waals surface area (Å²) < 4.78 is 33.9. The third kappa shape index (κ3) is 6.64. The number of hydrogen-bond donors (Lipinski definition) is 0. The number of nitrogens with zero attached hydrogens (tertiary/aromatic N) is 2. The van der Waals surface area contributed by atoms with Gasteiger partial charge < -0.3 is 4.74 Å². The SMILES string of the molecule is O=C(OC(CCCCCI)CS(=O)(=O)N1CCc2ccccc2C1)ON1C(=O)CCC1=O. The predicted octanol–water partition coefficient (Wildman–Crippen LogP) is 2.96. The topological polar surface area (TPSA) is 110 Å². The van der Waals surface area contributed by atoms with Gasteiger partial charge in [-0.25, -0.2) is 13.2 Å². The van der Waals surface area contributed by atoms with Crippen LogP contribution in [0.25, 0.3) is 0 Å². The lowest BCUT2D eigenvalue weighted by Gasteiger charge is -2.29. The molecule has 0 N–H and O–H groups in total. The van der Waals surface area contributed by atoms with Gasteiger partial charge in [0.25, 0.3) is 11.8 Å². The number of alkyl halides is 1. The number of amides is 2. The van der Waals surface area contributed by atoms with E-state index in [1.807, 2.05) is 24.3 Å². The Morgan fingerprint density at radius 1 is 1.03 bits per heavy atom. The summed E-state index contributed by atoms with van der Waals surface area (Å²) >= 11 is 2.27. The number of carbonyl (C=O) groups is 3. The number of carbonyl (C=O) groups excluding carboxylic acids is 3. The van der Waals surface area contributed by atoms with Crippen LogP contribution in [0.15, 0.2) is 24.3 Å². The van der Waals surface area contributed by atoms with Crippen LogP contribution in [0.4, 0.5) is 4.79 Å². The van der Waals surface area contributed by atoms with Gasteiger partial charge >= 0.3 is 6.16 Å². The second kappa shape index (κ2) is 11.4. The first-order valence-electron chi connectivity index (χ1n) is 10.6. The first-order valence-corrected chi connectivity index (χ1v) is 13.8. The Morgan fingerprint density at radius 3 is 2.41 bits per heavy atom.